The van der Waals surface area contributed by atoms with E-state index >= 15 is 0 Å². The topological polar surface area (TPSA) is 0 Å². The Morgan fingerprint density at radius 2 is 1.80 bits per heavy atom. The fourth-order valence-corrected chi connectivity index (χ4v) is 0. The predicted octanol–water partition coefficient (Wildman–Crippen LogP) is 1.12. The summed E-state index contributed by atoms with van der Waals surface area (Å²) in [4.78, 5) is 0. The van der Waals surface area contributed by atoms with Gasteiger partial charge in [-0.15, -0.1) is 0 Å². The van der Waals surface area contributed by atoms with E-state index in [1.165, 1.54) is 0 Å². The van der Waals surface area contributed by atoms with Crippen molar-refractivity contribution in [2.24, 2.45) is 0 Å². The van der Waals surface area contributed by atoms with Gasteiger partial charge in [0.25, 0.3) is 0 Å². The average Bonchev–Trinajstić information content (AvgIpc) is 1.38. The molecule has 0 aromatic carbocycles. The first-order valence-corrected chi connectivity index (χ1v) is 8.59. The molecular formula is C2HCl2Sb. The van der Waals surface area contributed by atoms with E-state index < -0.39 is 17.9 Å². The Bertz CT molecular complexity index is 53.2. The Morgan fingerprint density at radius 1 is 1.60 bits per heavy atom. The number of halogens is 2. The molecular weight excluding hydrogens is 217 g/mol. The molecule has 3 heteroatoms. The van der Waals surface area contributed by atoms with E-state index in [1.54, 1.807) is 0 Å². The molecule has 0 aliphatic carbocycles. The molecule has 0 N–H and O–H groups in total. The van der Waals surface area contributed by atoms with Crippen LogP contribution in [0, 0.1) is 10.3 Å². The Hall–Kier alpha value is 0.958. The normalized spacial score (nSPS) is 7.60. The van der Waals surface area contributed by atoms with Crippen LogP contribution >= 0.6 is 17.7 Å². The fourth-order valence-electron chi connectivity index (χ4n) is 0. The first kappa shape index (κ1) is 5.96. The molecule has 0 aliphatic heterocycles. The molecule has 0 bridgehead atoms. The Balaban J connectivity index is 2.94. The van der Waals surface area contributed by atoms with Crippen molar-refractivity contribution in [1.82, 2.24) is 0 Å². The number of rotatable bonds is 0. The van der Waals surface area contributed by atoms with Crippen LogP contribution in [0.3, 0.4) is 0 Å². The van der Waals surface area contributed by atoms with Crippen molar-refractivity contribution in [2.75, 3.05) is 0 Å². The first-order chi connectivity index (χ1) is 2.27. The second-order valence-corrected chi connectivity index (χ2v) is 8.12. The summed E-state index contributed by atoms with van der Waals surface area (Å²) in [5.74, 6) is 0. The van der Waals surface area contributed by atoms with Crippen LogP contribution in [0.1, 0.15) is 0 Å². The van der Waals surface area contributed by atoms with Gasteiger partial charge in [-0.3, -0.25) is 0 Å². The maximum atomic E-state index is 5.17. The van der Waals surface area contributed by atoms with E-state index in [0.29, 0.717) is 0 Å². The van der Waals surface area contributed by atoms with Crippen molar-refractivity contribution < 1.29 is 0 Å². The van der Waals surface area contributed by atoms with Gasteiger partial charge in [0.05, 0.1) is 0 Å². The second kappa shape index (κ2) is 3.16. The second-order valence-electron chi connectivity index (χ2n) is 0.362. The molecule has 28 valence electrons. The van der Waals surface area contributed by atoms with Crippen LogP contribution in [0.2, 0.25) is 0 Å². The SMILES string of the molecule is C#[C][Sb]([Cl])[Cl]. The molecule has 0 unspecified atom stereocenters. The molecule has 0 aromatic rings. The summed E-state index contributed by atoms with van der Waals surface area (Å²) < 4.78 is 2.24. The van der Waals surface area contributed by atoms with Crippen molar-refractivity contribution >= 4 is 35.6 Å². The van der Waals surface area contributed by atoms with E-state index in [-0.39, 0.29) is 0 Å². The summed E-state index contributed by atoms with van der Waals surface area (Å²) in [5.41, 5.74) is 0. The zero-order valence-corrected chi connectivity index (χ0v) is 6.35. The van der Waals surface area contributed by atoms with Gasteiger partial charge in [-0.2, -0.15) is 0 Å². The van der Waals surface area contributed by atoms with Crippen LogP contribution in [-0.2, 0) is 0 Å². The van der Waals surface area contributed by atoms with E-state index in [9.17, 15) is 0 Å². The van der Waals surface area contributed by atoms with Gasteiger partial charge < -0.3 is 0 Å². The molecule has 0 saturated heterocycles. The average molecular weight is 218 g/mol. The van der Waals surface area contributed by atoms with Crippen LogP contribution in [0.4, 0.5) is 0 Å². The zero-order valence-electron chi connectivity index (χ0n) is 2.28. The molecule has 0 nitrogen and oxygen atoms in total. The summed E-state index contributed by atoms with van der Waals surface area (Å²) in [5, 5.41) is 0. The van der Waals surface area contributed by atoms with Crippen LogP contribution in [0.5, 0.6) is 0 Å². The van der Waals surface area contributed by atoms with Crippen LogP contribution in [0.25, 0.3) is 0 Å². The van der Waals surface area contributed by atoms with E-state index in [0.717, 1.165) is 0 Å². The molecule has 0 amide bonds. The predicted molar refractivity (Wildman–Crippen MR) is 26.3 cm³/mol. The molecule has 0 fully saturated rings. The molecule has 0 heterocycles. The zero-order chi connectivity index (χ0) is 4.28. The third-order valence-corrected chi connectivity index (χ3v) is 1.96. The third kappa shape index (κ3) is 4.96. The Labute approximate surface area is 45.8 Å². The maximum absolute atomic E-state index is 5.17. The van der Waals surface area contributed by atoms with E-state index in [2.05, 4.69) is 3.87 Å². The molecule has 0 aliphatic rings. The summed E-state index contributed by atoms with van der Waals surface area (Å²) in [6.07, 6.45) is 4.74. The molecule has 0 aromatic heterocycles. The standard InChI is InChI=1S/C2H.2ClH.Sb/c1-2;;;/h1H;2*1H;/q;;;+2/p-2. The van der Waals surface area contributed by atoms with Crippen molar-refractivity contribution in [2.45, 2.75) is 0 Å². The van der Waals surface area contributed by atoms with Crippen molar-refractivity contribution in [3.63, 3.8) is 0 Å². The number of hydrogen-bond acceptors (Lipinski definition) is 0. The Kier molecular flexibility index (Phi) is 3.77. The molecule has 0 atom stereocenters. The van der Waals surface area contributed by atoms with Crippen molar-refractivity contribution in [3.05, 3.63) is 0 Å². The van der Waals surface area contributed by atoms with Crippen molar-refractivity contribution in [3.8, 4) is 10.3 Å². The van der Waals surface area contributed by atoms with Crippen molar-refractivity contribution in [1.29, 1.82) is 0 Å². The fraction of sp³-hybridized carbons (Fsp3) is 0. The quantitative estimate of drug-likeness (QED) is 0.422. The molecule has 0 rings (SSSR count). The van der Waals surface area contributed by atoms with E-state index in [1.807, 2.05) is 0 Å². The molecule has 0 radical (unpaired) electrons. The minimum absolute atomic E-state index is 2.01. The minimum atomic E-state index is -2.01. The number of hydrogen-bond donors (Lipinski definition) is 0. The van der Waals surface area contributed by atoms with Gasteiger partial charge in [-0.05, 0) is 0 Å². The van der Waals surface area contributed by atoms with Crippen LogP contribution in [-0.4, -0.2) is 17.9 Å². The van der Waals surface area contributed by atoms with Gasteiger partial charge in [0.1, 0.15) is 0 Å². The van der Waals surface area contributed by atoms with Crippen LogP contribution in [0.15, 0.2) is 0 Å². The van der Waals surface area contributed by atoms with Gasteiger partial charge in [0.15, 0.2) is 0 Å². The summed E-state index contributed by atoms with van der Waals surface area (Å²) in [6.45, 7) is 0. The summed E-state index contributed by atoms with van der Waals surface area (Å²) >= 11 is -2.01. The first-order valence-electron chi connectivity index (χ1n) is 0.850. The molecule has 0 saturated carbocycles. The van der Waals surface area contributed by atoms with Crippen LogP contribution < -0.4 is 0 Å². The van der Waals surface area contributed by atoms with Gasteiger partial charge in [0, 0.05) is 0 Å². The third-order valence-electron chi connectivity index (χ3n) is 0.0976. The van der Waals surface area contributed by atoms with Gasteiger partial charge in [-0.1, -0.05) is 0 Å². The molecule has 0 spiro atoms. The Morgan fingerprint density at radius 3 is 1.80 bits per heavy atom. The summed E-state index contributed by atoms with van der Waals surface area (Å²) in [6, 6.07) is 0. The van der Waals surface area contributed by atoms with Gasteiger partial charge in [-0.25, -0.2) is 0 Å². The van der Waals surface area contributed by atoms with Gasteiger partial charge in [0.2, 0.25) is 0 Å². The summed E-state index contributed by atoms with van der Waals surface area (Å²) in [7, 11) is 10.3. The van der Waals surface area contributed by atoms with E-state index in [4.69, 9.17) is 24.1 Å². The monoisotopic (exact) mass is 216 g/mol. The van der Waals surface area contributed by atoms with Gasteiger partial charge >= 0.3 is 45.9 Å². The number of terminal acetylenes is 1. The molecule has 5 heavy (non-hydrogen) atoms.